The highest BCUT2D eigenvalue weighted by molar-refractivity contribution is 5.85. The SMILES string of the molecule is CCN1CCN(C(=O)CCC(N)=O)C[C@H](Cc2ccc(-c3ccccc3F)cc2)C1=O. The number of nitrogens with zero attached hydrogens (tertiary/aromatic N) is 2. The predicted octanol–water partition coefficient (Wildman–Crippen LogP) is 2.61. The van der Waals surface area contributed by atoms with Crippen molar-refractivity contribution < 1.29 is 18.8 Å². The molecule has 1 aliphatic heterocycles. The predicted molar refractivity (Wildman–Crippen MR) is 116 cm³/mol. The molecule has 0 unspecified atom stereocenters. The number of rotatable bonds is 7. The van der Waals surface area contributed by atoms with Gasteiger partial charge in [-0.3, -0.25) is 14.4 Å². The van der Waals surface area contributed by atoms with Crippen LogP contribution in [0.3, 0.4) is 0 Å². The maximum Gasteiger partial charge on any atom is 0.227 e. The highest BCUT2D eigenvalue weighted by atomic mass is 19.1. The van der Waals surface area contributed by atoms with Crippen LogP contribution in [0.1, 0.15) is 25.3 Å². The van der Waals surface area contributed by atoms with Crippen molar-refractivity contribution >= 4 is 17.7 Å². The zero-order chi connectivity index (χ0) is 22.4. The topological polar surface area (TPSA) is 83.7 Å². The molecule has 1 atom stereocenters. The second-order valence-corrected chi connectivity index (χ2v) is 7.80. The fourth-order valence-electron chi connectivity index (χ4n) is 3.93. The number of hydrogen-bond donors (Lipinski definition) is 1. The lowest BCUT2D eigenvalue weighted by Gasteiger charge is -2.23. The van der Waals surface area contributed by atoms with Gasteiger partial charge in [-0.05, 0) is 30.5 Å². The minimum Gasteiger partial charge on any atom is -0.370 e. The first-order valence-electron chi connectivity index (χ1n) is 10.6. The second-order valence-electron chi connectivity index (χ2n) is 7.80. The molecular weight excluding hydrogens is 397 g/mol. The number of primary amides is 1. The van der Waals surface area contributed by atoms with E-state index in [-0.39, 0.29) is 36.4 Å². The van der Waals surface area contributed by atoms with E-state index in [0.29, 0.717) is 38.2 Å². The molecule has 1 saturated heterocycles. The van der Waals surface area contributed by atoms with E-state index < -0.39 is 5.91 Å². The van der Waals surface area contributed by atoms with Gasteiger partial charge in [0, 0.05) is 44.6 Å². The summed E-state index contributed by atoms with van der Waals surface area (Å²) >= 11 is 0. The van der Waals surface area contributed by atoms with E-state index in [1.165, 1.54) is 6.07 Å². The third-order valence-corrected chi connectivity index (χ3v) is 5.68. The van der Waals surface area contributed by atoms with Gasteiger partial charge in [-0.25, -0.2) is 4.39 Å². The molecule has 1 fully saturated rings. The summed E-state index contributed by atoms with van der Waals surface area (Å²) in [5.41, 5.74) is 7.41. The quantitative estimate of drug-likeness (QED) is 0.740. The van der Waals surface area contributed by atoms with Crippen molar-refractivity contribution in [3.8, 4) is 11.1 Å². The van der Waals surface area contributed by atoms with Crippen LogP contribution in [0.5, 0.6) is 0 Å². The normalized spacial score (nSPS) is 16.8. The van der Waals surface area contributed by atoms with Crippen molar-refractivity contribution in [2.75, 3.05) is 26.2 Å². The average Bonchev–Trinajstić information content (AvgIpc) is 2.92. The lowest BCUT2D eigenvalue weighted by molar-refractivity contribution is -0.135. The van der Waals surface area contributed by atoms with Crippen molar-refractivity contribution in [2.24, 2.45) is 11.7 Å². The summed E-state index contributed by atoms with van der Waals surface area (Å²) in [6.45, 7) is 3.72. The molecule has 0 bridgehead atoms. The Morgan fingerprint density at radius 3 is 2.42 bits per heavy atom. The first kappa shape index (κ1) is 22.5. The molecule has 0 radical (unpaired) electrons. The monoisotopic (exact) mass is 425 g/mol. The fourth-order valence-corrected chi connectivity index (χ4v) is 3.93. The van der Waals surface area contributed by atoms with Crippen LogP contribution in [-0.2, 0) is 20.8 Å². The molecule has 3 rings (SSSR count). The standard InChI is InChI=1S/C24H28FN3O3/c1-2-27-13-14-28(23(30)12-11-22(26)29)16-19(24(27)31)15-17-7-9-18(10-8-17)20-5-3-4-6-21(20)25/h3-10,19H,2,11-16H2,1H3,(H2,26,29)/t19-/m0/s1. The van der Waals surface area contributed by atoms with Crippen LogP contribution in [0, 0.1) is 11.7 Å². The molecule has 164 valence electrons. The lowest BCUT2D eigenvalue weighted by atomic mass is 9.95. The molecular formula is C24H28FN3O3. The maximum atomic E-state index is 14.0. The Labute approximate surface area is 181 Å². The molecule has 1 heterocycles. The molecule has 0 aliphatic carbocycles. The number of likely N-dealkylation sites (N-methyl/N-ethyl adjacent to an activating group) is 1. The van der Waals surface area contributed by atoms with E-state index in [4.69, 9.17) is 5.73 Å². The lowest BCUT2D eigenvalue weighted by Crippen LogP contribution is -2.38. The van der Waals surface area contributed by atoms with Gasteiger partial charge in [0.2, 0.25) is 17.7 Å². The smallest absolute Gasteiger partial charge is 0.227 e. The third-order valence-electron chi connectivity index (χ3n) is 5.68. The molecule has 0 spiro atoms. The zero-order valence-corrected chi connectivity index (χ0v) is 17.7. The Kier molecular flexibility index (Phi) is 7.39. The second kappa shape index (κ2) is 10.2. The highest BCUT2D eigenvalue weighted by Gasteiger charge is 2.31. The molecule has 2 aromatic carbocycles. The van der Waals surface area contributed by atoms with Crippen LogP contribution in [0.2, 0.25) is 0 Å². The maximum absolute atomic E-state index is 14.0. The molecule has 0 aromatic heterocycles. The summed E-state index contributed by atoms with van der Waals surface area (Å²) in [6, 6.07) is 14.1. The summed E-state index contributed by atoms with van der Waals surface area (Å²) in [5.74, 6) is -1.31. The minimum atomic E-state index is -0.513. The highest BCUT2D eigenvalue weighted by Crippen LogP contribution is 2.24. The van der Waals surface area contributed by atoms with Gasteiger partial charge >= 0.3 is 0 Å². The molecule has 31 heavy (non-hydrogen) atoms. The number of carbonyl (C=O) groups is 3. The molecule has 6 nitrogen and oxygen atoms in total. The van der Waals surface area contributed by atoms with Gasteiger partial charge in [-0.15, -0.1) is 0 Å². The van der Waals surface area contributed by atoms with E-state index in [0.717, 1.165) is 11.1 Å². The minimum absolute atomic E-state index is 0.00292. The van der Waals surface area contributed by atoms with Crippen LogP contribution >= 0.6 is 0 Å². The summed E-state index contributed by atoms with van der Waals surface area (Å²) in [5, 5.41) is 0. The van der Waals surface area contributed by atoms with Crippen LogP contribution in [0.25, 0.3) is 11.1 Å². The van der Waals surface area contributed by atoms with Gasteiger partial charge in [-0.2, -0.15) is 0 Å². The number of hydrogen-bond acceptors (Lipinski definition) is 3. The van der Waals surface area contributed by atoms with Gasteiger partial charge in [0.15, 0.2) is 0 Å². The average molecular weight is 426 g/mol. The summed E-state index contributed by atoms with van der Waals surface area (Å²) in [7, 11) is 0. The van der Waals surface area contributed by atoms with Crippen molar-refractivity contribution in [3.63, 3.8) is 0 Å². The summed E-state index contributed by atoms with van der Waals surface area (Å²) < 4.78 is 14.0. The Morgan fingerprint density at radius 2 is 1.77 bits per heavy atom. The fraction of sp³-hybridized carbons (Fsp3) is 0.375. The van der Waals surface area contributed by atoms with E-state index >= 15 is 0 Å². The van der Waals surface area contributed by atoms with Gasteiger partial charge < -0.3 is 15.5 Å². The molecule has 0 saturated carbocycles. The van der Waals surface area contributed by atoms with Crippen molar-refractivity contribution in [2.45, 2.75) is 26.2 Å². The van der Waals surface area contributed by atoms with Crippen molar-refractivity contribution in [1.82, 2.24) is 9.80 Å². The van der Waals surface area contributed by atoms with Gasteiger partial charge in [-0.1, -0.05) is 42.5 Å². The van der Waals surface area contributed by atoms with E-state index in [1.807, 2.05) is 31.2 Å². The Balaban J connectivity index is 1.75. The van der Waals surface area contributed by atoms with Gasteiger partial charge in [0.05, 0.1) is 5.92 Å². The number of halogens is 1. The Bertz CT molecular complexity index is 945. The Hall–Kier alpha value is -3.22. The van der Waals surface area contributed by atoms with Crippen LogP contribution in [0.15, 0.2) is 48.5 Å². The Morgan fingerprint density at radius 1 is 1.06 bits per heavy atom. The molecule has 1 aliphatic rings. The molecule has 7 heteroatoms. The van der Waals surface area contributed by atoms with Gasteiger partial charge in [0.25, 0.3) is 0 Å². The zero-order valence-electron chi connectivity index (χ0n) is 17.7. The first-order chi connectivity index (χ1) is 14.9. The summed E-state index contributed by atoms with van der Waals surface area (Å²) in [6.07, 6.45) is 0.537. The number of benzene rings is 2. The van der Waals surface area contributed by atoms with E-state index in [2.05, 4.69) is 0 Å². The van der Waals surface area contributed by atoms with Crippen molar-refractivity contribution in [1.29, 1.82) is 0 Å². The third kappa shape index (κ3) is 5.69. The van der Waals surface area contributed by atoms with Crippen LogP contribution < -0.4 is 5.73 Å². The number of carbonyl (C=O) groups excluding carboxylic acids is 3. The number of nitrogens with two attached hydrogens (primary N) is 1. The molecule has 3 amide bonds. The van der Waals surface area contributed by atoms with E-state index in [1.54, 1.807) is 28.0 Å². The summed E-state index contributed by atoms with van der Waals surface area (Å²) in [4.78, 5) is 40.0. The largest absolute Gasteiger partial charge is 0.370 e. The van der Waals surface area contributed by atoms with Crippen molar-refractivity contribution in [3.05, 3.63) is 59.9 Å². The van der Waals surface area contributed by atoms with E-state index in [9.17, 15) is 18.8 Å². The van der Waals surface area contributed by atoms with Crippen LogP contribution in [-0.4, -0.2) is 53.7 Å². The van der Waals surface area contributed by atoms with Gasteiger partial charge in [0.1, 0.15) is 5.82 Å². The van der Waals surface area contributed by atoms with Crippen LogP contribution in [0.4, 0.5) is 4.39 Å². The number of amides is 3. The molecule has 2 aromatic rings. The first-order valence-corrected chi connectivity index (χ1v) is 10.6. The molecule has 2 N–H and O–H groups in total.